The van der Waals surface area contributed by atoms with Gasteiger partial charge in [0.05, 0.1) is 18.5 Å². The second-order valence-corrected chi connectivity index (χ2v) is 6.05. The van der Waals surface area contributed by atoms with E-state index in [0.29, 0.717) is 43.4 Å². The minimum Gasteiger partial charge on any atom is -0.618 e. The number of fused-ring (bicyclic) bond motifs is 1. The molecule has 0 bridgehead atoms. The van der Waals surface area contributed by atoms with Gasteiger partial charge in [0.1, 0.15) is 11.3 Å². The van der Waals surface area contributed by atoms with Crippen molar-refractivity contribution in [2.75, 3.05) is 12.1 Å². The quantitative estimate of drug-likeness (QED) is 0.313. The third-order valence-electron chi connectivity index (χ3n) is 3.86. The maximum atomic E-state index is 12.2. The Morgan fingerprint density at radius 1 is 1.42 bits per heavy atom. The van der Waals surface area contributed by atoms with E-state index in [-0.39, 0.29) is 12.4 Å². The SMILES string of the molecule is Cc1ncc(CO)c(/C=N/N(C)c2c[n+]([O-])c3cc(Cl)ccc3n2)c1O. The number of hydrogen-bond acceptors (Lipinski definition) is 7. The van der Waals surface area contributed by atoms with Crippen molar-refractivity contribution < 1.29 is 14.9 Å². The van der Waals surface area contributed by atoms with Gasteiger partial charge in [0, 0.05) is 35.5 Å². The van der Waals surface area contributed by atoms with Gasteiger partial charge in [-0.15, -0.1) is 0 Å². The Bertz CT molecular complexity index is 1010. The van der Waals surface area contributed by atoms with Crippen molar-refractivity contribution in [1.82, 2.24) is 9.97 Å². The Kier molecular flexibility index (Phi) is 4.88. The van der Waals surface area contributed by atoms with Crippen LogP contribution in [0.15, 0.2) is 35.7 Å². The minimum absolute atomic E-state index is 0.0614. The van der Waals surface area contributed by atoms with Crippen LogP contribution < -0.4 is 9.74 Å². The number of hydrazone groups is 1. The van der Waals surface area contributed by atoms with E-state index in [9.17, 15) is 15.4 Å². The summed E-state index contributed by atoms with van der Waals surface area (Å²) in [5.41, 5.74) is 2.04. The smallest absolute Gasteiger partial charge is 0.244 e. The molecule has 3 aromatic rings. The maximum Gasteiger partial charge on any atom is 0.244 e. The van der Waals surface area contributed by atoms with E-state index in [0.717, 1.165) is 0 Å². The van der Waals surface area contributed by atoms with Crippen LogP contribution in [0.25, 0.3) is 11.0 Å². The highest BCUT2D eigenvalue weighted by molar-refractivity contribution is 6.31. The number of nitrogens with zero attached hydrogens (tertiary/aromatic N) is 5. The summed E-state index contributed by atoms with van der Waals surface area (Å²) in [4.78, 5) is 8.38. The lowest BCUT2D eigenvalue weighted by Crippen LogP contribution is -2.29. The van der Waals surface area contributed by atoms with Crippen LogP contribution in [0.2, 0.25) is 5.02 Å². The largest absolute Gasteiger partial charge is 0.618 e. The van der Waals surface area contributed by atoms with Crippen LogP contribution in [0.1, 0.15) is 16.8 Å². The summed E-state index contributed by atoms with van der Waals surface area (Å²) in [7, 11) is 1.62. The molecule has 1 aromatic carbocycles. The zero-order valence-electron chi connectivity index (χ0n) is 14.1. The minimum atomic E-state index is -0.290. The number of anilines is 1. The molecule has 0 amide bonds. The lowest BCUT2D eigenvalue weighted by atomic mass is 10.1. The van der Waals surface area contributed by atoms with Gasteiger partial charge in [-0.3, -0.25) is 4.98 Å². The molecular weight excluding hydrogens is 358 g/mol. The van der Waals surface area contributed by atoms with Crippen molar-refractivity contribution in [3.05, 3.63) is 57.6 Å². The summed E-state index contributed by atoms with van der Waals surface area (Å²) in [6, 6.07) is 4.83. The number of pyridine rings is 1. The Labute approximate surface area is 154 Å². The van der Waals surface area contributed by atoms with E-state index in [1.165, 1.54) is 29.7 Å². The molecule has 0 atom stereocenters. The van der Waals surface area contributed by atoms with Crippen LogP contribution in [0, 0.1) is 12.1 Å². The van der Waals surface area contributed by atoms with Crippen molar-refractivity contribution in [1.29, 1.82) is 0 Å². The highest BCUT2D eigenvalue weighted by Crippen LogP contribution is 2.22. The van der Waals surface area contributed by atoms with Gasteiger partial charge >= 0.3 is 0 Å². The molecule has 9 heteroatoms. The molecule has 0 aliphatic rings. The molecule has 2 N–H and O–H groups in total. The van der Waals surface area contributed by atoms with E-state index in [1.807, 2.05) is 0 Å². The average molecular weight is 374 g/mol. The molecule has 134 valence electrons. The zero-order chi connectivity index (χ0) is 18.8. The molecule has 8 nitrogen and oxygen atoms in total. The van der Waals surface area contributed by atoms with Crippen LogP contribution in [0.3, 0.4) is 0 Å². The van der Waals surface area contributed by atoms with E-state index in [2.05, 4.69) is 15.1 Å². The molecule has 0 aliphatic heterocycles. The first-order valence-electron chi connectivity index (χ1n) is 7.66. The lowest BCUT2D eigenvalue weighted by Gasteiger charge is -2.13. The fourth-order valence-corrected chi connectivity index (χ4v) is 2.54. The Morgan fingerprint density at radius 3 is 2.92 bits per heavy atom. The van der Waals surface area contributed by atoms with Crippen LogP contribution in [-0.4, -0.2) is 33.4 Å². The van der Waals surface area contributed by atoms with Gasteiger partial charge in [0.25, 0.3) is 0 Å². The number of aliphatic hydroxyl groups excluding tert-OH is 1. The summed E-state index contributed by atoms with van der Waals surface area (Å²) in [6.45, 7) is 1.36. The molecule has 2 heterocycles. The highest BCUT2D eigenvalue weighted by atomic mass is 35.5. The molecule has 26 heavy (non-hydrogen) atoms. The highest BCUT2D eigenvalue weighted by Gasteiger charge is 2.13. The molecule has 0 unspecified atom stereocenters. The van der Waals surface area contributed by atoms with Gasteiger partial charge in [-0.05, 0) is 19.1 Å². The fourth-order valence-electron chi connectivity index (χ4n) is 2.38. The number of halogens is 1. The third-order valence-corrected chi connectivity index (χ3v) is 4.10. The van der Waals surface area contributed by atoms with Crippen molar-refractivity contribution in [3.8, 4) is 5.75 Å². The normalized spacial score (nSPS) is 11.4. The van der Waals surface area contributed by atoms with Crippen molar-refractivity contribution in [2.45, 2.75) is 13.5 Å². The Hall–Kier alpha value is -2.97. The molecule has 3 rings (SSSR count). The molecule has 0 fully saturated rings. The number of aliphatic hydroxyl groups is 1. The summed E-state index contributed by atoms with van der Waals surface area (Å²) in [5, 5.41) is 37.8. The molecule has 0 radical (unpaired) electrons. The van der Waals surface area contributed by atoms with Crippen molar-refractivity contribution >= 4 is 34.7 Å². The molecular formula is C17H16ClN5O3. The standard InChI is InChI=1S/C17H16ClN5O3/c1-10-17(25)13(11(9-24)6-19-10)7-20-22(2)16-8-23(26)15-5-12(18)3-4-14(15)21-16/h3-8,24-25H,9H2,1-2H3/b20-7+. The first-order chi connectivity index (χ1) is 12.4. The van der Waals surface area contributed by atoms with Crippen LogP contribution in [0.5, 0.6) is 5.75 Å². The van der Waals surface area contributed by atoms with E-state index in [1.54, 1.807) is 26.1 Å². The topological polar surface area (TPSA) is 109 Å². The molecule has 0 saturated carbocycles. The van der Waals surface area contributed by atoms with E-state index >= 15 is 0 Å². The Balaban J connectivity index is 1.97. The lowest BCUT2D eigenvalue weighted by molar-refractivity contribution is -0.576. The van der Waals surface area contributed by atoms with E-state index in [4.69, 9.17) is 11.6 Å². The predicted octanol–water partition coefficient (Wildman–Crippen LogP) is 1.89. The number of aryl methyl sites for hydroxylation is 1. The maximum absolute atomic E-state index is 12.2. The third kappa shape index (κ3) is 3.37. The Morgan fingerprint density at radius 2 is 2.19 bits per heavy atom. The van der Waals surface area contributed by atoms with Crippen LogP contribution >= 0.6 is 11.6 Å². The van der Waals surface area contributed by atoms with Crippen LogP contribution in [0.4, 0.5) is 5.82 Å². The molecule has 2 aromatic heterocycles. The molecule has 0 aliphatic carbocycles. The number of rotatable bonds is 4. The second-order valence-electron chi connectivity index (χ2n) is 5.62. The number of aromatic nitrogens is 3. The summed E-state index contributed by atoms with van der Waals surface area (Å²) < 4.78 is 0.669. The van der Waals surface area contributed by atoms with Crippen molar-refractivity contribution in [3.63, 3.8) is 0 Å². The first-order valence-corrected chi connectivity index (χ1v) is 8.04. The second kappa shape index (κ2) is 7.11. The van der Waals surface area contributed by atoms with E-state index < -0.39 is 0 Å². The summed E-state index contributed by atoms with van der Waals surface area (Å²) in [5.74, 6) is 0.246. The number of benzene rings is 1. The van der Waals surface area contributed by atoms with Gasteiger partial charge < -0.3 is 15.4 Å². The number of hydrogen-bond donors (Lipinski definition) is 2. The zero-order valence-corrected chi connectivity index (χ0v) is 14.8. The molecule has 0 saturated heterocycles. The van der Waals surface area contributed by atoms with Gasteiger partial charge in [-0.25, -0.2) is 9.99 Å². The molecule has 0 spiro atoms. The predicted molar refractivity (Wildman–Crippen MR) is 98.3 cm³/mol. The van der Waals surface area contributed by atoms with Gasteiger partial charge in [0.2, 0.25) is 17.5 Å². The van der Waals surface area contributed by atoms with Gasteiger partial charge in [-0.2, -0.15) is 9.83 Å². The monoisotopic (exact) mass is 373 g/mol. The first kappa shape index (κ1) is 17.8. The fraction of sp³-hybridized carbons (Fsp3) is 0.176. The number of aromatic hydroxyl groups is 1. The van der Waals surface area contributed by atoms with Gasteiger partial charge in [0.15, 0.2) is 0 Å². The summed E-state index contributed by atoms with van der Waals surface area (Å²) in [6.07, 6.45) is 4.14. The average Bonchev–Trinajstić information content (AvgIpc) is 2.63. The van der Waals surface area contributed by atoms with Crippen LogP contribution in [-0.2, 0) is 6.61 Å². The van der Waals surface area contributed by atoms with Gasteiger partial charge in [-0.1, -0.05) is 11.6 Å². The summed E-state index contributed by atoms with van der Waals surface area (Å²) >= 11 is 5.90. The van der Waals surface area contributed by atoms with Crippen molar-refractivity contribution in [2.24, 2.45) is 5.10 Å².